The molecule has 2 aromatic carbocycles. The molecule has 0 saturated carbocycles. The lowest BCUT2D eigenvalue weighted by atomic mass is 10.2. The summed E-state index contributed by atoms with van der Waals surface area (Å²) >= 11 is 5.64. The van der Waals surface area contributed by atoms with Crippen molar-refractivity contribution in [2.75, 3.05) is 40.0 Å². The highest BCUT2D eigenvalue weighted by atomic mass is 35.5. The molecule has 2 aliphatic rings. The van der Waals surface area contributed by atoms with Crippen molar-refractivity contribution < 1.29 is 22.7 Å². The van der Waals surface area contributed by atoms with Gasteiger partial charge in [0.2, 0.25) is 0 Å². The third kappa shape index (κ3) is 5.30. The number of anilines is 5. The van der Waals surface area contributed by atoms with Crippen LogP contribution in [-0.2, 0) is 10.9 Å². The number of carbonyl (C=O) groups is 1. The molecule has 0 aliphatic carbocycles. The summed E-state index contributed by atoms with van der Waals surface area (Å²) in [6.07, 6.45) is -3.68. The van der Waals surface area contributed by atoms with E-state index in [1.807, 2.05) is 11.9 Å². The number of ether oxygens (including phenoxy) is 1. The number of hydrogen-bond donors (Lipinski definition) is 4. The van der Waals surface area contributed by atoms with E-state index >= 15 is 0 Å². The maximum absolute atomic E-state index is 13.1. The quantitative estimate of drug-likeness (QED) is 0.361. The molecule has 1 aromatic heterocycles. The molecular formula is C22H21ClF3N9O2. The first-order valence-electron chi connectivity index (χ1n) is 11.1. The smallest absolute Gasteiger partial charge is 0.397 e. The minimum Gasteiger partial charge on any atom is -0.397 e. The largest absolute Gasteiger partial charge is 0.417 e. The van der Waals surface area contributed by atoms with Gasteiger partial charge in [0, 0.05) is 17.9 Å². The standard InChI is InChI=1S/C22H21ClF3N9O2/c1-11-8-34-9-18(37-11)19-28-10-29-20(32-19)35(34)33-17-7-13(3-5-16(17)27)31-21(36)30-12-2-4-15(23)14(6-12)22(24,25)26/h2-7,10-11,18,33H,8-9,27H2,1H3,(H2,30,31,36). The lowest BCUT2D eigenvalue weighted by Crippen LogP contribution is -2.53. The number of aromatic nitrogens is 3. The molecule has 5 rings (SSSR count). The van der Waals surface area contributed by atoms with E-state index in [0.29, 0.717) is 41.9 Å². The van der Waals surface area contributed by atoms with Crippen LogP contribution in [-0.4, -0.2) is 45.2 Å². The Morgan fingerprint density at radius 2 is 1.86 bits per heavy atom. The predicted molar refractivity (Wildman–Crippen MR) is 131 cm³/mol. The minimum absolute atomic E-state index is 0.0748. The van der Waals surface area contributed by atoms with Gasteiger partial charge in [0.15, 0.2) is 5.82 Å². The summed E-state index contributed by atoms with van der Waals surface area (Å²) < 4.78 is 45.3. The molecule has 0 spiro atoms. The summed E-state index contributed by atoms with van der Waals surface area (Å²) in [6.45, 7) is 2.97. The molecular weight excluding hydrogens is 515 g/mol. The van der Waals surface area contributed by atoms with Gasteiger partial charge in [-0.05, 0) is 43.3 Å². The first kappa shape index (κ1) is 24.8. The van der Waals surface area contributed by atoms with E-state index in [9.17, 15) is 18.0 Å². The topological polar surface area (TPSA) is 134 Å². The van der Waals surface area contributed by atoms with Gasteiger partial charge in [-0.25, -0.2) is 9.78 Å². The van der Waals surface area contributed by atoms with Gasteiger partial charge in [-0.3, -0.25) is 5.43 Å². The number of halogens is 4. The Balaban J connectivity index is 1.33. The summed E-state index contributed by atoms with van der Waals surface area (Å²) in [6, 6.07) is 7.04. The van der Waals surface area contributed by atoms with E-state index in [1.54, 1.807) is 23.3 Å². The summed E-state index contributed by atoms with van der Waals surface area (Å²) in [5, 5.41) is 8.10. The fraction of sp³-hybridized carbons (Fsp3) is 0.273. The maximum Gasteiger partial charge on any atom is 0.417 e. The highest BCUT2D eigenvalue weighted by Crippen LogP contribution is 2.36. The van der Waals surface area contributed by atoms with Crippen molar-refractivity contribution in [3.8, 4) is 0 Å². The Morgan fingerprint density at radius 3 is 2.62 bits per heavy atom. The number of fused-ring (bicyclic) bond motifs is 5. The normalized spacial score (nSPS) is 20.7. The first-order valence-corrected chi connectivity index (χ1v) is 11.4. The Labute approximate surface area is 213 Å². The Morgan fingerprint density at radius 1 is 1.14 bits per heavy atom. The number of nitrogens with one attached hydrogen (secondary N) is 3. The summed E-state index contributed by atoms with van der Waals surface area (Å²) in [7, 11) is 0. The number of amides is 2. The molecule has 0 radical (unpaired) electrons. The number of alkyl halides is 3. The number of urea groups is 1. The molecule has 15 heteroatoms. The van der Waals surface area contributed by atoms with Gasteiger partial charge in [-0.15, -0.1) is 0 Å². The van der Waals surface area contributed by atoms with Crippen LogP contribution < -0.4 is 26.9 Å². The third-order valence-corrected chi connectivity index (χ3v) is 5.98. The van der Waals surface area contributed by atoms with Crippen molar-refractivity contribution in [2.24, 2.45) is 0 Å². The predicted octanol–water partition coefficient (Wildman–Crippen LogP) is 4.29. The zero-order valence-electron chi connectivity index (χ0n) is 19.3. The van der Waals surface area contributed by atoms with Crippen LogP contribution >= 0.6 is 11.6 Å². The van der Waals surface area contributed by atoms with E-state index < -0.39 is 22.8 Å². The molecule has 3 aromatic rings. The van der Waals surface area contributed by atoms with Crippen LogP contribution in [0.5, 0.6) is 0 Å². The van der Waals surface area contributed by atoms with E-state index in [1.165, 1.54) is 12.4 Å². The molecule has 1 saturated heterocycles. The number of hydrazine groups is 2. The van der Waals surface area contributed by atoms with Crippen molar-refractivity contribution in [1.82, 2.24) is 20.0 Å². The number of nitrogen functional groups attached to an aromatic ring is 1. The Bertz CT molecular complexity index is 1340. The average molecular weight is 536 g/mol. The van der Waals surface area contributed by atoms with E-state index in [-0.39, 0.29) is 17.9 Å². The van der Waals surface area contributed by atoms with Crippen molar-refractivity contribution in [3.05, 3.63) is 59.1 Å². The summed E-state index contributed by atoms with van der Waals surface area (Å²) in [5.41, 5.74) is 9.37. The molecule has 11 nitrogen and oxygen atoms in total. The SMILES string of the molecule is CC1CN2CC(O1)c1ncnc(n1)N2Nc1cc(NC(=O)Nc2ccc(Cl)c(C(F)(F)F)c2)ccc1N. The van der Waals surface area contributed by atoms with Gasteiger partial charge in [-0.1, -0.05) is 11.6 Å². The number of rotatable bonds is 4. The molecule has 37 heavy (non-hydrogen) atoms. The zero-order valence-corrected chi connectivity index (χ0v) is 20.0. The summed E-state index contributed by atoms with van der Waals surface area (Å²) in [4.78, 5) is 25.4. The van der Waals surface area contributed by atoms with Crippen LogP contribution in [0, 0.1) is 0 Å². The molecule has 3 atom stereocenters. The van der Waals surface area contributed by atoms with Gasteiger partial charge >= 0.3 is 12.2 Å². The molecule has 5 N–H and O–H groups in total. The lowest BCUT2D eigenvalue weighted by molar-refractivity contribution is -0.137. The van der Waals surface area contributed by atoms with E-state index in [2.05, 4.69) is 31.0 Å². The number of nitrogens with two attached hydrogens (primary N) is 1. The average Bonchev–Trinajstić information content (AvgIpc) is 2.90. The van der Waals surface area contributed by atoms with Crippen LogP contribution in [0.1, 0.15) is 24.4 Å². The molecule has 1 fully saturated rings. The van der Waals surface area contributed by atoms with Gasteiger partial charge in [0.1, 0.15) is 12.4 Å². The summed E-state index contributed by atoms with van der Waals surface area (Å²) in [5.74, 6) is 0.853. The second-order valence-corrected chi connectivity index (χ2v) is 8.85. The van der Waals surface area contributed by atoms with Crippen LogP contribution in [0.3, 0.4) is 0 Å². The van der Waals surface area contributed by atoms with Crippen LogP contribution in [0.2, 0.25) is 5.02 Å². The Kier molecular flexibility index (Phi) is 6.39. The number of carbonyl (C=O) groups excluding carboxylic acids is 1. The van der Waals surface area contributed by atoms with Crippen molar-refractivity contribution in [1.29, 1.82) is 0 Å². The number of nitrogens with zero attached hydrogens (tertiary/aromatic N) is 5. The van der Waals surface area contributed by atoms with Gasteiger partial charge in [0.25, 0.3) is 5.95 Å². The van der Waals surface area contributed by atoms with E-state index in [4.69, 9.17) is 22.1 Å². The highest BCUT2D eigenvalue weighted by Gasteiger charge is 2.36. The number of hydrogen-bond acceptors (Lipinski definition) is 9. The fourth-order valence-corrected chi connectivity index (χ4v) is 4.22. The van der Waals surface area contributed by atoms with Crippen LogP contribution in [0.15, 0.2) is 42.7 Å². The van der Waals surface area contributed by atoms with Gasteiger partial charge in [0.05, 0.1) is 34.6 Å². The first-order chi connectivity index (χ1) is 17.6. The maximum atomic E-state index is 13.1. The van der Waals surface area contributed by atoms with Gasteiger partial charge in [-0.2, -0.15) is 33.3 Å². The number of benzene rings is 2. The molecule has 194 valence electrons. The molecule has 2 aliphatic heterocycles. The van der Waals surface area contributed by atoms with Crippen LogP contribution in [0.25, 0.3) is 0 Å². The minimum atomic E-state index is -4.66. The number of morpholine rings is 1. The molecule has 3 heterocycles. The Hall–Kier alpha value is -3.88. The lowest BCUT2D eigenvalue weighted by Gasteiger charge is -2.39. The molecule has 4 bridgehead atoms. The van der Waals surface area contributed by atoms with Crippen LogP contribution in [0.4, 0.5) is 46.7 Å². The van der Waals surface area contributed by atoms with Gasteiger partial charge < -0.3 is 21.1 Å². The highest BCUT2D eigenvalue weighted by molar-refractivity contribution is 6.31. The third-order valence-electron chi connectivity index (χ3n) is 5.65. The van der Waals surface area contributed by atoms with Crippen molar-refractivity contribution in [3.63, 3.8) is 0 Å². The van der Waals surface area contributed by atoms with E-state index in [0.717, 1.165) is 12.1 Å². The van der Waals surface area contributed by atoms with Crippen molar-refractivity contribution >= 4 is 46.3 Å². The molecule has 3 unspecified atom stereocenters. The second-order valence-electron chi connectivity index (χ2n) is 8.45. The second kappa shape index (κ2) is 9.53. The zero-order chi connectivity index (χ0) is 26.3. The monoisotopic (exact) mass is 535 g/mol. The molecule has 2 amide bonds. The van der Waals surface area contributed by atoms with Crippen molar-refractivity contribution in [2.45, 2.75) is 25.3 Å². The fourth-order valence-electron chi connectivity index (χ4n) is 4.00.